The summed E-state index contributed by atoms with van der Waals surface area (Å²) in [5.41, 5.74) is 4.52. The summed E-state index contributed by atoms with van der Waals surface area (Å²) in [5.74, 6) is 1.23. The topological polar surface area (TPSA) is 85.0 Å². The normalized spacial score (nSPS) is 15.7. The molecule has 4 aromatic rings. The molecule has 3 aromatic carbocycles. The summed E-state index contributed by atoms with van der Waals surface area (Å²) >= 11 is 1.57. The number of urea groups is 1. The smallest absolute Gasteiger partial charge is 0.406 e. The van der Waals surface area contributed by atoms with Gasteiger partial charge in [0.1, 0.15) is 12.1 Å². The highest BCUT2D eigenvalue weighted by molar-refractivity contribution is 8.14. The standard InChI is InChI=1S/C32H31F3N6O2S/c1-21(2)27-7-4-5-8-28(27)40-17-6-18-44-31(40)38-30(42)36-19-22(3)23-9-11-24(12-10-23)29-37-20-41(39-29)25-13-15-26(16-14-25)43-32(33,34)35/h4-5,7-16,19-22H,6,17-18H2,1-3H3. The summed E-state index contributed by atoms with van der Waals surface area (Å²) in [4.78, 5) is 27.7. The lowest BCUT2D eigenvalue weighted by Crippen LogP contribution is -2.35. The number of carbonyl (C=O) groups excluding carboxylic acids is 1. The predicted octanol–water partition coefficient (Wildman–Crippen LogP) is 8.25. The molecule has 2 amide bonds. The molecule has 0 N–H and O–H groups in total. The van der Waals surface area contributed by atoms with Gasteiger partial charge in [0.15, 0.2) is 11.0 Å². The molecular formula is C32H31F3N6O2S. The zero-order valence-corrected chi connectivity index (χ0v) is 25.2. The van der Waals surface area contributed by atoms with Crippen LogP contribution in [0.3, 0.4) is 0 Å². The summed E-state index contributed by atoms with van der Waals surface area (Å²) in [5, 5.41) is 5.11. The van der Waals surface area contributed by atoms with E-state index in [0.29, 0.717) is 22.6 Å². The summed E-state index contributed by atoms with van der Waals surface area (Å²) < 4.78 is 42.6. The van der Waals surface area contributed by atoms with Gasteiger partial charge in [-0.2, -0.15) is 4.99 Å². The van der Waals surface area contributed by atoms with Gasteiger partial charge in [0.05, 0.1) is 5.69 Å². The van der Waals surface area contributed by atoms with Crippen molar-refractivity contribution in [1.82, 2.24) is 14.8 Å². The molecule has 44 heavy (non-hydrogen) atoms. The van der Waals surface area contributed by atoms with Gasteiger partial charge in [-0.25, -0.2) is 19.5 Å². The van der Waals surface area contributed by atoms with Gasteiger partial charge in [-0.1, -0.05) is 75.0 Å². The van der Waals surface area contributed by atoms with E-state index in [1.165, 1.54) is 40.8 Å². The molecule has 8 nitrogen and oxygen atoms in total. The van der Waals surface area contributed by atoms with E-state index in [-0.39, 0.29) is 11.7 Å². The summed E-state index contributed by atoms with van der Waals surface area (Å²) in [6, 6.07) is 20.6. The fourth-order valence-corrected chi connectivity index (χ4v) is 5.67. The molecule has 1 aliphatic heterocycles. The highest BCUT2D eigenvalue weighted by Gasteiger charge is 2.31. The third-order valence-electron chi connectivity index (χ3n) is 6.96. The number of alkyl halides is 3. The van der Waals surface area contributed by atoms with Crippen LogP contribution in [0, 0.1) is 0 Å². The molecule has 12 heteroatoms. The van der Waals surface area contributed by atoms with Crippen LogP contribution in [-0.4, -0.2) is 50.8 Å². The quantitative estimate of drug-likeness (QED) is 0.194. The van der Waals surface area contributed by atoms with Crippen LogP contribution in [0.5, 0.6) is 5.75 Å². The fourth-order valence-electron chi connectivity index (χ4n) is 4.73. The number of aromatic nitrogens is 3. The molecule has 0 spiro atoms. The number of anilines is 1. The second-order valence-electron chi connectivity index (χ2n) is 10.5. The van der Waals surface area contributed by atoms with Gasteiger partial charge < -0.3 is 9.64 Å². The van der Waals surface area contributed by atoms with Crippen LogP contribution in [0.2, 0.25) is 0 Å². The van der Waals surface area contributed by atoms with Crippen LogP contribution in [-0.2, 0) is 0 Å². The zero-order chi connectivity index (χ0) is 31.3. The number of ether oxygens (including phenoxy) is 1. The van der Waals surface area contributed by atoms with Crippen molar-refractivity contribution in [2.24, 2.45) is 9.98 Å². The molecule has 0 aliphatic carbocycles. The lowest BCUT2D eigenvalue weighted by molar-refractivity contribution is -0.274. The van der Waals surface area contributed by atoms with Crippen LogP contribution in [0.4, 0.5) is 23.7 Å². The number of amidine groups is 1. The number of rotatable bonds is 7. The van der Waals surface area contributed by atoms with E-state index < -0.39 is 12.4 Å². The number of benzene rings is 3. The van der Waals surface area contributed by atoms with Crippen LogP contribution in [0.15, 0.2) is 89.1 Å². The number of para-hydroxylation sites is 1. The molecule has 228 valence electrons. The molecule has 0 saturated carbocycles. The van der Waals surface area contributed by atoms with Crippen LogP contribution < -0.4 is 9.64 Å². The third-order valence-corrected chi connectivity index (χ3v) is 8.02. The Morgan fingerprint density at radius 2 is 1.75 bits per heavy atom. The molecule has 0 bridgehead atoms. The van der Waals surface area contributed by atoms with Gasteiger partial charge >= 0.3 is 12.4 Å². The van der Waals surface area contributed by atoms with Crippen LogP contribution >= 0.6 is 11.8 Å². The molecule has 1 fully saturated rings. The molecule has 1 unspecified atom stereocenters. The highest BCUT2D eigenvalue weighted by atomic mass is 32.2. The number of aliphatic imine (C=N–C) groups is 2. The largest absolute Gasteiger partial charge is 0.573 e. The minimum absolute atomic E-state index is 0.145. The molecule has 5 rings (SSSR count). The first-order chi connectivity index (χ1) is 21.1. The van der Waals surface area contributed by atoms with E-state index in [1.807, 2.05) is 43.3 Å². The first-order valence-electron chi connectivity index (χ1n) is 14.1. The molecule has 1 atom stereocenters. The maximum Gasteiger partial charge on any atom is 0.573 e. The second kappa shape index (κ2) is 13.5. The Labute approximate surface area is 257 Å². The van der Waals surface area contributed by atoms with E-state index in [1.54, 1.807) is 18.0 Å². The summed E-state index contributed by atoms with van der Waals surface area (Å²) in [6.07, 6.45) is -0.666. The Morgan fingerprint density at radius 1 is 1.02 bits per heavy atom. The molecule has 0 radical (unpaired) electrons. The number of amides is 2. The van der Waals surface area contributed by atoms with Gasteiger partial charge in [-0.15, -0.1) is 18.3 Å². The van der Waals surface area contributed by atoms with Crippen molar-refractivity contribution >= 4 is 34.9 Å². The van der Waals surface area contributed by atoms with Gasteiger partial charge in [0.2, 0.25) is 0 Å². The van der Waals surface area contributed by atoms with Gasteiger partial charge in [0.25, 0.3) is 0 Å². The Hall–Kier alpha value is -4.45. The Kier molecular flexibility index (Phi) is 9.48. The Morgan fingerprint density at radius 3 is 2.45 bits per heavy atom. The second-order valence-corrected chi connectivity index (χ2v) is 11.5. The van der Waals surface area contributed by atoms with Crippen molar-refractivity contribution in [3.05, 3.63) is 90.3 Å². The van der Waals surface area contributed by atoms with Gasteiger partial charge in [0, 0.05) is 35.7 Å². The first-order valence-corrected chi connectivity index (χ1v) is 15.1. The maximum absolute atomic E-state index is 12.8. The number of nitrogens with zero attached hydrogens (tertiary/aromatic N) is 6. The fraction of sp³-hybridized carbons (Fsp3) is 0.281. The van der Waals surface area contributed by atoms with E-state index in [4.69, 9.17) is 0 Å². The van der Waals surface area contributed by atoms with Crippen molar-refractivity contribution in [3.63, 3.8) is 0 Å². The average Bonchev–Trinajstić information content (AvgIpc) is 3.50. The Bertz CT molecular complexity index is 1650. The molecule has 2 heterocycles. The minimum atomic E-state index is -4.75. The van der Waals surface area contributed by atoms with Crippen molar-refractivity contribution in [2.45, 2.75) is 45.4 Å². The number of thioether (sulfide) groups is 1. The highest BCUT2D eigenvalue weighted by Crippen LogP contribution is 2.32. The molecule has 1 aromatic heterocycles. The van der Waals surface area contributed by atoms with Crippen LogP contribution in [0.1, 0.15) is 50.2 Å². The summed E-state index contributed by atoms with van der Waals surface area (Å²) in [6.45, 7) is 7.05. The lowest BCUT2D eigenvalue weighted by Gasteiger charge is -2.31. The number of hydrogen-bond acceptors (Lipinski definition) is 5. The van der Waals surface area contributed by atoms with E-state index in [9.17, 15) is 18.0 Å². The van der Waals surface area contributed by atoms with E-state index in [2.05, 4.69) is 55.7 Å². The van der Waals surface area contributed by atoms with Gasteiger partial charge in [-0.3, -0.25) is 0 Å². The lowest BCUT2D eigenvalue weighted by atomic mass is 10.0. The SMILES string of the molecule is CC(C)c1ccccc1N1CCCSC1=NC(=O)N=CC(C)c1ccc(-c2ncn(-c3ccc(OC(F)(F)F)cc3)n2)cc1. The third kappa shape index (κ3) is 7.73. The van der Waals surface area contributed by atoms with Crippen molar-refractivity contribution in [2.75, 3.05) is 17.2 Å². The Balaban J connectivity index is 1.23. The minimum Gasteiger partial charge on any atom is -0.406 e. The van der Waals surface area contributed by atoms with Crippen molar-refractivity contribution in [3.8, 4) is 22.8 Å². The zero-order valence-electron chi connectivity index (χ0n) is 24.4. The maximum atomic E-state index is 12.8. The number of carbonyl (C=O) groups is 1. The van der Waals surface area contributed by atoms with Crippen LogP contribution in [0.25, 0.3) is 17.1 Å². The average molecular weight is 621 g/mol. The monoisotopic (exact) mass is 620 g/mol. The summed E-state index contributed by atoms with van der Waals surface area (Å²) in [7, 11) is 0. The number of hydrogen-bond donors (Lipinski definition) is 0. The molecule has 1 saturated heterocycles. The predicted molar refractivity (Wildman–Crippen MR) is 168 cm³/mol. The molecule has 1 aliphatic rings. The van der Waals surface area contributed by atoms with E-state index in [0.717, 1.165) is 35.5 Å². The van der Waals surface area contributed by atoms with Crippen molar-refractivity contribution in [1.29, 1.82) is 0 Å². The first kappa shape index (κ1) is 31.0. The van der Waals surface area contributed by atoms with E-state index >= 15 is 0 Å². The molecular weight excluding hydrogens is 589 g/mol. The van der Waals surface area contributed by atoms with Gasteiger partial charge in [-0.05, 0) is 53.8 Å². The van der Waals surface area contributed by atoms with Crippen molar-refractivity contribution < 1.29 is 22.7 Å². The number of halogens is 3.